The van der Waals surface area contributed by atoms with E-state index in [0.717, 1.165) is 16.7 Å². The first-order chi connectivity index (χ1) is 7.19. The molecule has 0 bridgehead atoms. The van der Waals surface area contributed by atoms with Crippen molar-refractivity contribution in [1.82, 2.24) is 0 Å². The van der Waals surface area contributed by atoms with Gasteiger partial charge in [0.2, 0.25) is 0 Å². The van der Waals surface area contributed by atoms with Crippen molar-refractivity contribution >= 4 is 5.57 Å². The normalized spacial score (nSPS) is 12.4. The Kier molecular flexibility index (Phi) is 3.94. The molecule has 0 aliphatic carbocycles. The van der Waals surface area contributed by atoms with Crippen molar-refractivity contribution in [3.8, 4) is 12.3 Å². The van der Waals surface area contributed by atoms with Gasteiger partial charge in [0, 0.05) is 5.57 Å². The fourth-order valence-electron chi connectivity index (χ4n) is 1.48. The predicted molar refractivity (Wildman–Crippen MR) is 67.4 cm³/mol. The Bertz CT molecular complexity index is 422. The molecule has 0 aliphatic rings. The first-order valence-corrected chi connectivity index (χ1v) is 5.06. The quantitative estimate of drug-likeness (QED) is 0.496. The van der Waals surface area contributed by atoms with Crippen molar-refractivity contribution < 1.29 is 0 Å². The van der Waals surface area contributed by atoms with Crippen LogP contribution in [-0.2, 0) is 0 Å². The molecule has 0 spiro atoms. The van der Waals surface area contributed by atoms with E-state index in [1.54, 1.807) is 0 Å². The summed E-state index contributed by atoms with van der Waals surface area (Å²) in [7, 11) is 0. The topological polar surface area (TPSA) is 0 Å². The maximum atomic E-state index is 5.53. The lowest BCUT2D eigenvalue weighted by Gasteiger charge is -2.04. The third kappa shape index (κ3) is 2.86. The van der Waals surface area contributed by atoms with Gasteiger partial charge in [-0.25, -0.2) is 0 Å². The Labute approximate surface area is 92.3 Å². The van der Waals surface area contributed by atoms with Crippen molar-refractivity contribution in [2.24, 2.45) is 0 Å². The Morgan fingerprint density at radius 3 is 2.33 bits per heavy atom. The molecule has 0 radical (unpaired) electrons. The van der Waals surface area contributed by atoms with E-state index in [1.165, 1.54) is 5.56 Å². The van der Waals surface area contributed by atoms with Crippen LogP contribution in [0.3, 0.4) is 0 Å². The Morgan fingerprint density at radius 2 is 1.87 bits per heavy atom. The Balaban J connectivity index is 3.20. The van der Waals surface area contributed by atoms with Crippen LogP contribution in [0.5, 0.6) is 0 Å². The minimum absolute atomic E-state index is 0.966. The number of hydrogen-bond acceptors (Lipinski definition) is 0. The van der Waals surface area contributed by atoms with Gasteiger partial charge >= 0.3 is 0 Å². The van der Waals surface area contributed by atoms with Crippen molar-refractivity contribution in [3.63, 3.8) is 0 Å². The van der Waals surface area contributed by atoms with Crippen molar-refractivity contribution in [3.05, 3.63) is 53.1 Å². The molecule has 15 heavy (non-hydrogen) atoms. The first-order valence-electron chi connectivity index (χ1n) is 5.06. The molecule has 0 atom stereocenters. The molecule has 0 saturated heterocycles. The molecule has 1 aromatic carbocycles. The summed E-state index contributed by atoms with van der Waals surface area (Å²) in [4.78, 5) is 0. The molecule has 0 aliphatic heterocycles. The molecule has 0 unspecified atom stereocenters. The molecule has 0 aromatic heterocycles. The van der Waals surface area contributed by atoms with Crippen LogP contribution in [0.1, 0.15) is 25.0 Å². The summed E-state index contributed by atoms with van der Waals surface area (Å²) in [5.74, 6) is 2.75. The monoisotopic (exact) mass is 196 g/mol. The number of hydrogen-bond donors (Lipinski definition) is 0. The SMILES string of the molecule is C#C/C(=C(C)\C=C/C)c1ccc(C)cc1. The van der Waals surface area contributed by atoms with E-state index < -0.39 is 0 Å². The summed E-state index contributed by atoms with van der Waals surface area (Å²) in [6.45, 7) is 6.10. The summed E-state index contributed by atoms with van der Waals surface area (Å²) < 4.78 is 0. The lowest BCUT2D eigenvalue weighted by atomic mass is 10.00. The molecule has 0 heteroatoms. The molecule has 1 aromatic rings. The van der Waals surface area contributed by atoms with E-state index in [2.05, 4.69) is 37.1 Å². The molecule has 0 fully saturated rings. The highest BCUT2D eigenvalue weighted by atomic mass is 14.0. The Hall–Kier alpha value is -1.74. The lowest BCUT2D eigenvalue weighted by Crippen LogP contribution is -1.85. The van der Waals surface area contributed by atoms with Gasteiger partial charge in [0.1, 0.15) is 0 Å². The number of terminal acetylenes is 1. The second kappa shape index (κ2) is 5.22. The van der Waals surface area contributed by atoms with Crippen LogP contribution in [0.4, 0.5) is 0 Å². The fourth-order valence-corrected chi connectivity index (χ4v) is 1.48. The minimum Gasteiger partial charge on any atom is -0.115 e. The third-order valence-electron chi connectivity index (χ3n) is 2.30. The van der Waals surface area contributed by atoms with E-state index in [4.69, 9.17) is 6.42 Å². The highest BCUT2D eigenvalue weighted by molar-refractivity contribution is 5.81. The fraction of sp³-hybridized carbons (Fsp3) is 0.200. The van der Waals surface area contributed by atoms with Crippen molar-refractivity contribution in [2.75, 3.05) is 0 Å². The average molecular weight is 196 g/mol. The van der Waals surface area contributed by atoms with E-state index in [-0.39, 0.29) is 0 Å². The van der Waals surface area contributed by atoms with E-state index >= 15 is 0 Å². The van der Waals surface area contributed by atoms with Crippen LogP contribution >= 0.6 is 0 Å². The van der Waals surface area contributed by atoms with Gasteiger partial charge in [-0.15, -0.1) is 6.42 Å². The molecular weight excluding hydrogens is 180 g/mol. The molecule has 76 valence electrons. The summed E-state index contributed by atoms with van der Waals surface area (Å²) in [5.41, 5.74) is 4.45. The summed E-state index contributed by atoms with van der Waals surface area (Å²) in [5, 5.41) is 0. The van der Waals surface area contributed by atoms with Gasteiger partial charge in [0.15, 0.2) is 0 Å². The smallest absolute Gasteiger partial charge is 0.0344 e. The van der Waals surface area contributed by atoms with Gasteiger partial charge in [-0.1, -0.05) is 47.9 Å². The zero-order chi connectivity index (χ0) is 11.3. The molecule has 0 heterocycles. The zero-order valence-electron chi connectivity index (χ0n) is 9.54. The van der Waals surface area contributed by atoms with E-state index in [1.807, 2.05) is 26.0 Å². The van der Waals surface area contributed by atoms with Crippen LogP contribution in [0, 0.1) is 19.3 Å². The van der Waals surface area contributed by atoms with Gasteiger partial charge in [-0.3, -0.25) is 0 Å². The molecule has 0 amide bonds. The second-order valence-electron chi connectivity index (χ2n) is 3.57. The number of aryl methyl sites for hydroxylation is 1. The third-order valence-corrected chi connectivity index (χ3v) is 2.30. The largest absolute Gasteiger partial charge is 0.115 e. The van der Waals surface area contributed by atoms with Crippen LogP contribution in [0.15, 0.2) is 42.0 Å². The van der Waals surface area contributed by atoms with Gasteiger partial charge in [-0.2, -0.15) is 0 Å². The van der Waals surface area contributed by atoms with Crippen LogP contribution in [0.25, 0.3) is 5.57 Å². The summed E-state index contributed by atoms with van der Waals surface area (Å²) in [6, 6.07) is 8.29. The second-order valence-corrected chi connectivity index (χ2v) is 3.57. The number of benzene rings is 1. The van der Waals surface area contributed by atoms with Gasteiger partial charge in [-0.05, 0) is 31.9 Å². The maximum absolute atomic E-state index is 5.53. The molecule has 0 nitrogen and oxygen atoms in total. The Morgan fingerprint density at radius 1 is 1.27 bits per heavy atom. The molecule has 1 rings (SSSR count). The summed E-state index contributed by atoms with van der Waals surface area (Å²) in [6.07, 6.45) is 9.57. The number of rotatable bonds is 2. The predicted octanol–water partition coefficient (Wildman–Crippen LogP) is 3.98. The maximum Gasteiger partial charge on any atom is 0.0344 e. The highest BCUT2D eigenvalue weighted by Crippen LogP contribution is 2.19. The van der Waals surface area contributed by atoms with Gasteiger partial charge < -0.3 is 0 Å². The zero-order valence-corrected chi connectivity index (χ0v) is 9.54. The van der Waals surface area contributed by atoms with Crippen molar-refractivity contribution in [1.29, 1.82) is 0 Å². The molecule has 0 saturated carbocycles. The minimum atomic E-state index is 0.966. The van der Waals surface area contributed by atoms with E-state index in [9.17, 15) is 0 Å². The average Bonchev–Trinajstić information content (AvgIpc) is 2.22. The highest BCUT2D eigenvalue weighted by Gasteiger charge is 2.00. The lowest BCUT2D eigenvalue weighted by molar-refractivity contribution is 1.44. The standard InChI is InChI=1S/C15H16/c1-5-7-13(4)15(6-2)14-10-8-12(3)9-11-14/h2,5,7-11H,1,3-4H3/b7-5-,15-13+. The first kappa shape index (κ1) is 11.3. The summed E-state index contributed by atoms with van der Waals surface area (Å²) >= 11 is 0. The van der Waals surface area contributed by atoms with E-state index in [0.29, 0.717) is 0 Å². The van der Waals surface area contributed by atoms with Crippen molar-refractivity contribution in [2.45, 2.75) is 20.8 Å². The van der Waals surface area contributed by atoms with Crippen LogP contribution in [0.2, 0.25) is 0 Å². The molecule has 0 N–H and O–H groups in total. The van der Waals surface area contributed by atoms with Crippen LogP contribution < -0.4 is 0 Å². The number of allylic oxidation sites excluding steroid dienone is 4. The van der Waals surface area contributed by atoms with Gasteiger partial charge in [0.25, 0.3) is 0 Å². The molecular formula is C15H16. The van der Waals surface area contributed by atoms with Gasteiger partial charge in [0.05, 0.1) is 0 Å². The van der Waals surface area contributed by atoms with Crippen LogP contribution in [-0.4, -0.2) is 0 Å².